The van der Waals surface area contributed by atoms with Crippen LogP contribution in [0.5, 0.6) is 0 Å². The van der Waals surface area contributed by atoms with E-state index in [0.29, 0.717) is 11.8 Å². The summed E-state index contributed by atoms with van der Waals surface area (Å²) in [4.78, 5) is 22.0. The fraction of sp³-hybridized carbons (Fsp3) is 0.429. The predicted octanol–water partition coefficient (Wildman–Crippen LogP) is 4.82. The summed E-state index contributed by atoms with van der Waals surface area (Å²) in [7, 11) is 0. The van der Waals surface area contributed by atoms with Crippen LogP contribution in [-0.2, 0) is 0 Å². The molecule has 0 saturated carbocycles. The Morgan fingerprint density at radius 1 is 1.15 bits per heavy atom. The van der Waals surface area contributed by atoms with Crippen LogP contribution in [0.15, 0.2) is 30.6 Å². The van der Waals surface area contributed by atoms with Gasteiger partial charge in [0.25, 0.3) is 5.91 Å². The van der Waals surface area contributed by atoms with Crippen molar-refractivity contribution < 1.29 is 4.79 Å². The van der Waals surface area contributed by atoms with Crippen molar-refractivity contribution >= 4 is 27.5 Å². The molecule has 1 aliphatic heterocycles. The average molecular weight is 368 g/mol. The molecule has 0 aromatic carbocycles. The molecule has 5 heteroatoms. The summed E-state index contributed by atoms with van der Waals surface area (Å²) in [6.45, 7) is 10.3. The minimum absolute atomic E-state index is 0.146. The lowest BCUT2D eigenvalue weighted by Gasteiger charge is -2.35. The normalized spacial score (nSPS) is 20.7. The Morgan fingerprint density at radius 2 is 1.81 bits per heavy atom. The van der Waals surface area contributed by atoms with Gasteiger partial charge in [0.15, 0.2) is 0 Å². The van der Waals surface area contributed by atoms with Gasteiger partial charge in [-0.15, -0.1) is 11.3 Å². The van der Waals surface area contributed by atoms with E-state index in [1.165, 1.54) is 23.3 Å². The van der Waals surface area contributed by atoms with E-state index in [9.17, 15) is 4.79 Å². The minimum atomic E-state index is 0.146. The van der Waals surface area contributed by atoms with Gasteiger partial charge in [0.1, 0.15) is 9.71 Å². The maximum atomic E-state index is 13.5. The van der Waals surface area contributed by atoms with Gasteiger partial charge in [0.2, 0.25) is 0 Å². The Labute approximate surface area is 158 Å². The van der Waals surface area contributed by atoms with Gasteiger partial charge < -0.3 is 9.47 Å². The molecule has 1 amide bonds. The van der Waals surface area contributed by atoms with Crippen LogP contribution in [0, 0.1) is 25.7 Å². The Hall–Kier alpha value is -2.14. The average Bonchev–Trinajstić information content (AvgIpc) is 3.19. The molecule has 26 heavy (non-hydrogen) atoms. The van der Waals surface area contributed by atoms with Gasteiger partial charge in [-0.05, 0) is 55.9 Å². The molecule has 0 aliphatic carbocycles. The van der Waals surface area contributed by atoms with Gasteiger partial charge in [0, 0.05) is 36.6 Å². The number of nitrogens with zero attached hydrogens (tertiary/aromatic N) is 3. The lowest BCUT2D eigenvalue weighted by Crippen LogP contribution is -2.42. The third kappa shape index (κ3) is 2.94. The van der Waals surface area contributed by atoms with Gasteiger partial charge in [-0.2, -0.15) is 0 Å². The smallest absolute Gasteiger partial charge is 0.266 e. The highest BCUT2D eigenvalue weighted by Crippen LogP contribution is 2.37. The van der Waals surface area contributed by atoms with Crippen LogP contribution in [0.3, 0.4) is 0 Å². The summed E-state index contributed by atoms with van der Waals surface area (Å²) in [6.07, 6.45) is 5.22. The number of carbonyl (C=O) groups is 1. The van der Waals surface area contributed by atoms with Gasteiger partial charge in [0.05, 0.1) is 5.69 Å². The zero-order chi connectivity index (χ0) is 18.4. The van der Waals surface area contributed by atoms with E-state index in [0.717, 1.165) is 39.6 Å². The molecule has 0 bridgehead atoms. The third-order valence-electron chi connectivity index (χ3n) is 5.18. The van der Waals surface area contributed by atoms with Gasteiger partial charge >= 0.3 is 0 Å². The number of aryl methyl sites for hydroxylation is 2. The number of thiophene rings is 1. The molecule has 4 nitrogen and oxygen atoms in total. The summed E-state index contributed by atoms with van der Waals surface area (Å²) in [5.41, 5.74) is 3.15. The molecular weight excluding hydrogens is 342 g/mol. The molecular formula is C21H25N3OS. The number of pyridine rings is 1. The number of rotatable bonds is 2. The summed E-state index contributed by atoms with van der Waals surface area (Å²) in [5, 5.41) is 1.10. The lowest BCUT2D eigenvalue weighted by atomic mass is 9.92. The van der Waals surface area contributed by atoms with Crippen molar-refractivity contribution in [1.82, 2.24) is 14.5 Å². The maximum Gasteiger partial charge on any atom is 0.266 e. The molecule has 1 fully saturated rings. The Bertz CT molecular complexity index is 947. The second kappa shape index (κ2) is 6.54. The molecule has 3 aromatic rings. The molecule has 136 valence electrons. The summed E-state index contributed by atoms with van der Waals surface area (Å²) < 4.78 is 2.06. The van der Waals surface area contributed by atoms with Crippen LogP contribution in [0.2, 0.25) is 0 Å². The van der Waals surface area contributed by atoms with Gasteiger partial charge in [-0.1, -0.05) is 13.8 Å². The molecule has 2 atom stereocenters. The first-order valence-corrected chi connectivity index (χ1v) is 10.1. The van der Waals surface area contributed by atoms with Crippen molar-refractivity contribution in [3.8, 4) is 5.69 Å². The minimum Gasteiger partial charge on any atom is -0.337 e. The molecule has 0 radical (unpaired) electrons. The fourth-order valence-electron chi connectivity index (χ4n) is 4.27. The number of fused-ring (bicyclic) bond motifs is 1. The number of carbonyl (C=O) groups excluding carboxylic acids is 1. The highest BCUT2D eigenvalue weighted by atomic mass is 32.1. The quantitative estimate of drug-likeness (QED) is 0.651. The van der Waals surface area contributed by atoms with Crippen LogP contribution in [0.4, 0.5) is 0 Å². The Morgan fingerprint density at radius 3 is 2.46 bits per heavy atom. The standard InChI is InChI=1S/C21H25N3OS/c1-13-9-14(2)12-24(11-13)21(25)19-18(23-7-5-6-8-23)17-15(3)10-16(4)22-20(17)26-19/h5-8,10,13-14H,9,11-12H2,1-4H3/t13-,14+. The number of aromatic nitrogens is 2. The highest BCUT2D eigenvalue weighted by molar-refractivity contribution is 7.21. The highest BCUT2D eigenvalue weighted by Gasteiger charge is 2.30. The van der Waals surface area contributed by atoms with Crippen molar-refractivity contribution in [2.24, 2.45) is 11.8 Å². The second-order valence-electron chi connectivity index (χ2n) is 7.79. The van der Waals surface area contributed by atoms with Gasteiger partial charge in [-0.25, -0.2) is 4.98 Å². The Kier molecular flexibility index (Phi) is 4.35. The van der Waals surface area contributed by atoms with E-state index in [1.807, 2.05) is 36.4 Å². The number of hydrogen-bond donors (Lipinski definition) is 0. The van der Waals surface area contributed by atoms with Crippen LogP contribution < -0.4 is 0 Å². The van der Waals surface area contributed by atoms with Crippen molar-refractivity contribution in [1.29, 1.82) is 0 Å². The van der Waals surface area contributed by atoms with E-state index in [1.54, 1.807) is 0 Å². The van der Waals surface area contributed by atoms with Crippen molar-refractivity contribution in [2.75, 3.05) is 13.1 Å². The first-order chi connectivity index (χ1) is 12.4. The SMILES string of the molecule is Cc1cc(C)c2c(-n3cccc3)c(C(=O)N3C[C@H](C)C[C@H](C)C3)sc2n1. The first-order valence-electron chi connectivity index (χ1n) is 9.27. The molecule has 4 heterocycles. The monoisotopic (exact) mass is 367 g/mol. The zero-order valence-electron chi connectivity index (χ0n) is 15.8. The maximum absolute atomic E-state index is 13.5. The molecule has 1 aliphatic rings. The third-order valence-corrected chi connectivity index (χ3v) is 6.24. The largest absolute Gasteiger partial charge is 0.337 e. The van der Waals surface area contributed by atoms with E-state index in [2.05, 4.69) is 31.4 Å². The molecule has 1 saturated heterocycles. The van der Waals surface area contributed by atoms with Gasteiger partial charge in [-0.3, -0.25) is 4.79 Å². The molecule has 0 N–H and O–H groups in total. The molecule has 0 spiro atoms. The number of amides is 1. The van der Waals surface area contributed by atoms with E-state index < -0.39 is 0 Å². The van der Waals surface area contributed by atoms with Crippen LogP contribution >= 0.6 is 11.3 Å². The number of piperidine rings is 1. The van der Waals surface area contributed by atoms with Crippen molar-refractivity contribution in [3.63, 3.8) is 0 Å². The zero-order valence-corrected chi connectivity index (χ0v) is 16.6. The van der Waals surface area contributed by atoms with Crippen LogP contribution in [0.25, 0.3) is 15.9 Å². The lowest BCUT2D eigenvalue weighted by molar-refractivity contribution is 0.0628. The summed E-state index contributed by atoms with van der Waals surface area (Å²) >= 11 is 1.53. The second-order valence-corrected chi connectivity index (χ2v) is 8.79. The topological polar surface area (TPSA) is 38.1 Å². The number of hydrogen-bond acceptors (Lipinski definition) is 3. The summed E-state index contributed by atoms with van der Waals surface area (Å²) in [6, 6.07) is 6.10. The van der Waals surface area contributed by atoms with Crippen LogP contribution in [-0.4, -0.2) is 33.4 Å². The van der Waals surface area contributed by atoms with Crippen molar-refractivity contribution in [3.05, 3.63) is 46.7 Å². The summed E-state index contributed by atoms with van der Waals surface area (Å²) in [5.74, 6) is 1.25. The number of likely N-dealkylation sites (tertiary alicyclic amines) is 1. The van der Waals surface area contributed by atoms with E-state index in [-0.39, 0.29) is 5.91 Å². The molecule has 3 aromatic heterocycles. The predicted molar refractivity (Wildman–Crippen MR) is 107 cm³/mol. The Balaban J connectivity index is 1.88. The molecule has 4 rings (SSSR count). The fourth-order valence-corrected chi connectivity index (χ4v) is 5.53. The van der Waals surface area contributed by atoms with Crippen LogP contribution in [0.1, 0.15) is 41.2 Å². The van der Waals surface area contributed by atoms with E-state index in [4.69, 9.17) is 4.98 Å². The molecule has 0 unspecified atom stereocenters. The van der Waals surface area contributed by atoms with E-state index >= 15 is 0 Å². The van der Waals surface area contributed by atoms with Crippen molar-refractivity contribution in [2.45, 2.75) is 34.1 Å². The first kappa shape index (κ1) is 17.3.